The summed E-state index contributed by atoms with van der Waals surface area (Å²) in [6.07, 6.45) is -1.67. The number of primary amides is 1. The molecule has 1 aromatic heterocycles. The normalized spacial score (nSPS) is 18.7. The van der Waals surface area contributed by atoms with Gasteiger partial charge in [0.1, 0.15) is 11.5 Å². The molecule has 1 amide bonds. The Labute approximate surface area is 120 Å². The number of hydrogen-bond acceptors (Lipinski definition) is 4. The molecule has 5 nitrogen and oxygen atoms in total. The molecule has 1 aliphatic heterocycles. The van der Waals surface area contributed by atoms with Gasteiger partial charge in [-0.05, 0) is 37.9 Å². The van der Waals surface area contributed by atoms with E-state index in [0.29, 0.717) is 12.6 Å². The maximum atomic E-state index is 12.7. The van der Waals surface area contributed by atoms with Gasteiger partial charge in [0.2, 0.25) is 0 Å². The molecule has 1 atom stereocenters. The molecule has 0 aromatic carbocycles. The maximum absolute atomic E-state index is 12.7. The zero-order valence-corrected chi connectivity index (χ0v) is 11.3. The third kappa shape index (κ3) is 4.07. The highest BCUT2D eigenvalue weighted by Gasteiger charge is 2.33. The fourth-order valence-corrected chi connectivity index (χ4v) is 2.32. The molecule has 1 aliphatic rings. The van der Waals surface area contributed by atoms with E-state index in [-0.39, 0.29) is 11.4 Å². The van der Waals surface area contributed by atoms with E-state index in [1.54, 1.807) is 0 Å². The Morgan fingerprint density at radius 1 is 1.48 bits per heavy atom. The zero-order valence-electron chi connectivity index (χ0n) is 11.3. The summed E-state index contributed by atoms with van der Waals surface area (Å²) in [5.74, 6) is -0.923. The predicted molar refractivity (Wildman–Crippen MR) is 71.9 cm³/mol. The Kier molecular flexibility index (Phi) is 4.66. The van der Waals surface area contributed by atoms with Gasteiger partial charge in [-0.3, -0.25) is 4.79 Å². The van der Waals surface area contributed by atoms with Crippen LogP contribution in [-0.4, -0.2) is 30.0 Å². The molecule has 2 heterocycles. The number of nitrogens with one attached hydrogen (secondary N) is 2. The molecule has 0 bridgehead atoms. The number of rotatable bonds is 5. The molecular weight excluding hydrogens is 285 g/mol. The van der Waals surface area contributed by atoms with Gasteiger partial charge in [0.15, 0.2) is 0 Å². The maximum Gasteiger partial charge on any atom is 0.433 e. The molecule has 21 heavy (non-hydrogen) atoms. The van der Waals surface area contributed by atoms with Crippen molar-refractivity contribution < 1.29 is 18.0 Å². The first kappa shape index (κ1) is 15.6. The highest BCUT2D eigenvalue weighted by Crippen LogP contribution is 2.29. The number of anilines is 1. The van der Waals surface area contributed by atoms with Crippen molar-refractivity contribution in [2.75, 3.05) is 18.4 Å². The summed E-state index contributed by atoms with van der Waals surface area (Å²) in [4.78, 5) is 14.7. The van der Waals surface area contributed by atoms with E-state index < -0.39 is 17.8 Å². The van der Waals surface area contributed by atoms with Gasteiger partial charge in [0.05, 0.1) is 5.56 Å². The number of nitrogens with zero attached hydrogens (tertiary/aromatic N) is 1. The smallest absolute Gasteiger partial charge is 0.369 e. The van der Waals surface area contributed by atoms with Gasteiger partial charge in [-0.25, -0.2) is 4.98 Å². The largest absolute Gasteiger partial charge is 0.433 e. The lowest BCUT2D eigenvalue weighted by atomic mass is 10.1. The lowest BCUT2D eigenvalue weighted by molar-refractivity contribution is -0.141. The molecule has 8 heteroatoms. The van der Waals surface area contributed by atoms with Crippen molar-refractivity contribution in [1.29, 1.82) is 0 Å². The van der Waals surface area contributed by atoms with Crippen LogP contribution in [0.4, 0.5) is 19.0 Å². The zero-order chi connectivity index (χ0) is 15.5. The fraction of sp³-hybridized carbons (Fsp3) is 0.538. The van der Waals surface area contributed by atoms with E-state index in [9.17, 15) is 18.0 Å². The number of pyridine rings is 1. The number of aromatic nitrogens is 1. The second-order valence-corrected chi connectivity index (χ2v) is 4.96. The van der Waals surface area contributed by atoms with Crippen LogP contribution in [0.15, 0.2) is 12.1 Å². The lowest BCUT2D eigenvalue weighted by Crippen LogP contribution is -2.25. The molecule has 1 fully saturated rings. The highest BCUT2D eigenvalue weighted by molar-refractivity contribution is 5.97. The van der Waals surface area contributed by atoms with Crippen molar-refractivity contribution in [3.8, 4) is 0 Å². The molecule has 1 aromatic rings. The van der Waals surface area contributed by atoms with E-state index >= 15 is 0 Å². The summed E-state index contributed by atoms with van der Waals surface area (Å²) in [5, 5.41) is 6.07. The first-order chi connectivity index (χ1) is 9.88. The topological polar surface area (TPSA) is 80.0 Å². The van der Waals surface area contributed by atoms with Gasteiger partial charge < -0.3 is 16.4 Å². The van der Waals surface area contributed by atoms with Crippen molar-refractivity contribution >= 4 is 11.7 Å². The highest BCUT2D eigenvalue weighted by atomic mass is 19.4. The van der Waals surface area contributed by atoms with Gasteiger partial charge in [-0.15, -0.1) is 0 Å². The number of hydrogen-bond donors (Lipinski definition) is 3. The minimum atomic E-state index is -4.56. The quantitative estimate of drug-likeness (QED) is 0.774. The average Bonchev–Trinajstić information content (AvgIpc) is 2.90. The standard InChI is InChI=1S/C13H17F3N4O/c14-13(15,16)10-4-3-9(11(17)21)12(20-10)19-7-5-8-2-1-6-18-8/h3-4,8,18H,1-2,5-7H2,(H2,17,21)(H,19,20). The molecular formula is C13H17F3N4O. The van der Waals surface area contributed by atoms with Crippen LogP contribution in [-0.2, 0) is 6.18 Å². The molecule has 116 valence electrons. The molecule has 1 saturated heterocycles. The van der Waals surface area contributed by atoms with Crippen molar-refractivity contribution in [3.05, 3.63) is 23.4 Å². The van der Waals surface area contributed by atoms with Crippen LogP contribution in [0.3, 0.4) is 0 Å². The van der Waals surface area contributed by atoms with Crippen LogP contribution >= 0.6 is 0 Å². The Hall–Kier alpha value is -1.83. The van der Waals surface area contributed by atoms with Crippen LogP contribution in [0.2, 0.25) is 0 Å². The second-order valence-electron chi connectivity index (χ2n) is 4.96. The van der Waals surface area contributed by atoms with Crippen molar-refractivity contribution in [3.63, 3.8) is 0 Å². The third-order valence-corrected chi connectivity index (χ3v) is 3.40. The van der Waals surface area contributed by atoms with E-state index in [1.165, 1.54) is 0 Å². The van der Waals surface area contributed by atoms with E-state index in [2.05, 4.69) is 15.6 Å². The Morgan fingerprint density at radius 2 is 2.24 bits per heavy atom. The molecule has 0 saturated carbocycles. The monoisotopic (exact) mass is 302 g/mol. The first-order valence-corrected chi connectivity index (χ1v) is 6.73. The number of carbonyl (C=O) groups excluding carboxylic acids is 1. The minimum absolute atomic E-state index is 0.0395. The van der Waals surface area contributed by atoms with Gasteiger partial charge in [0.25, 0.3) is 5.91 Å². The number of nitrogens with two attached hydrogens (primary N) is 1. The number of carbonyl (C=O) groups is 1. The van der Waals surface area contributed by atoms with Crippen LogP contribution in [0.25, 0.3) is 0 Å². The minimum Gasteiger partial charge on any atom is -0.369 e. The Bertz CT molecular complexity index is 513. The van der Waals surface area contributed by atoms with Crippen molar-refractivity contribution in [2.24, 2.45) is 5.73 Å². The Morgan fingerprint density at radius 3 is 2.81 bits per heavy atom. The average molecular weight is 302 g/mol. The van der Waals surface area contributed by atoms with Crippen molar-refractivity contribution in [2.45, 2.75) is 31.5 Å². The Balaban J connectivity index is 2.08. The SMILES string of the molecule is NC(=O)c1ccc(C(F)(F)F)nc1NCCC1CCCN1. The molecule has 1 unspecified atom stereocenters. The second kappa shape index (κ2) is 6.30. The van der Waals surface area contributed by atoms with Crippen LogP contribution in [0.1, 0.15) is 35.3 Å². The lowest BCUT2D eigenvalue weighted by Gasteiger charge is -2.14. The summed E-state index contributed by atoms with van der Waals surface area (Å²) in [5.41, 5.74) is 4.07. The molecule has 2 rings (SSSR count). The number of alkyl halides is 3. The van der Waals surface area contributed by atoms with Crippen LogP contribution in [0.5, 0.6) is 0 Å². The fourth-order valence-electron chi connectivity index (χ4n) is 2.32. The molecule has 4 N–H and O–H groups in total. The van der Waals surface area contributed by atoms with E-state index in [4.69, 9.17) is 5.73 Å². The first-order valence-electron chi connectivity index (χ1n) is 6.73. The van der Waals surface area contributed by atoms with E-state index in [0.717, 1.165) is 37.9 Å². The van der Waals surface area contributed by atoms with E-state index in [1.807, 2.05) is 0 Å². The molecule has 0 spiro atoms. The molecule has 0 radical (unpaired) electrons. The summed E-state index contributed by atoms with van der Waals surface area (Å²) in [6, 6.07) is 2.15. The molecule has 0 aliphatic carbocycles. The number of amides is 1. The van der Waals surface area contributed by atoms with Gasteiger partial charge >= 0.3 is 6.18 Å². The third-order valence-electron chi connectivity index (χ3n) is 3.40. The van der Waals surface area contributed by atoms with Crippen molar-refractivity contribution in [1.82, 2.24) is 10.3 Å². The van der Waals surface area contributed by atoms with Crippen LogP contribution < -0.4 is 16.4 Å². The van der Waals surface area contributed by atoms with Crippen LogP contribution in [0, 0.1) is 0 Å². The number of halogens is 3. The van der Waals surface area contributed by atoms with Gasteiger partial charge in [0, 0.05) is 12.6 Å². The summed E-state index contributed by atoms with van der Waals surface area (Å²) >= 11 is 0. The summed E-state index contributed by atoms with van der Waals surface area (Å²) in [6.45, 7) is 1.38. The summed E-state index contributed by atoms with van der Waals surface area (Å²) < 4.78 is 38.0. The van der Waals surface area contributed by atoms with Gasteiger partial charge in [-0.2, -0.15) is 13.2 Å². The van der Waals surface area contributed by atoms with Gasteiger partial charge in [-0.1, -0.05) is 0 Å². The summed E-state index contributed by atoms with van der Waals surface area (Å²) in [7, 11) is 0. The predicted octanol–water partition coefficient (Wildman–Crippen LogP) is 1.75.